The maximum Gasteiger partial charge on any atom is 0.0716 e. The van der Waals surface area contributed by atoms with Gasteiger partial charge in [0.25, 0.3) is 0 Å². The summed E-state index contributed by atoms with van der Waals surface area (Å²) in [6.45, 7) is 8.61. The molecule has 1 heterocycles. The van der Waals surface area contributed by atoms with Crippen LogP contribution < -0.4 is 10.6 Å². The summed E-state index contributed by atoms with van der Waals surface area (Å²) in [5.74, 6) is 1.27. The predicted octanol–water partition coefficient (Wildman–Crippen LogP) is 1.37. The van der Waals surface area contributed by atoms with Crippen LogP contribution in [0.2, 0.25) is 0 Å². The van der Waals surface area contributed by atoms with E-state index >= 15 is 0 Å². The van der Waals surface area contributed by atoms with Gasteiger partial charge in [0.15, 0.2) is 0 Å². The van der Waals surface area contributed by atoms with Crippen LogP contribution in [-0.4, -0.2) is 37.4 Å². The third kappa shape index (κ3) is 3.94. The summed E-state index contributed by atoms with van der Waals surface area (Å²) in [5, 5.41) is 16.5. The minimum Gasteiger partial charge on any atom is -0.391 e. The molecule has 2 aliphatic rings. The zero-order valence-electron chi connectivity index (χ0n) is 11.3. The Balaban J connectivity index is 1.60. The number of aliphatic hydroxyl groups excluding tert-OH is 1. The van der Waals surface area contributed by atoms with Crippen LogP contribution in [0.4, 0.5) is 0 Å². The third-order valence-corrected chi connectivity index (χ3v) is 4.60. The van der Waals surface area contributed by atoms with Gasteiger partial charge in [-0.05, 0) is 43.6 Å². The van der Waals surface area contributed by atoms with Crippen LogP contribution in [0.5, 0.6) is 0 Å². The smallest absolute Gasteiger partial charge is 0.0716 e. The van der Waals surface area contributed by atoms with E-state index in [-0.39, 0.29) is 6.10 Å². The Kier molecular flexibility index (Phi) is 4.45. The van der Waals surface area contributed by atoms with E-state index in [9.17, 15) is 5.11 Å². The van der Waals surface area contributed by atoms with Gasteiger partial charge in [0.1, 0.15) is 0 Å². The zero-order valence-corrected chi connectivity index (χ0v) is 11.3. The standard InChI is InChI=1S/C14H28N2O/c1-14(2)5-3-11(4-6-14)7-15-8-12-9-16-10-13(12)17/h11-13,15-17H,3-10H2,1-2H3. The molecule has 2 unspecified atom stereocenters. The highest BCUT2D eigenvalue weighted by atomic mass is 16.3. The van der Waals surface area contributed by atoms with Gasteiger partial charge in [0, 0.05) is 25.6 Å². The molecular weight excluding hydrogens is 212 g/mol. The number of nitrogens with one attached hydrogen (secondary N) is 2. The fraction of sp³-hybridized carbons (Fsp3) is 1.00. The molecule has 0 aromatic rings. The highest BCUT2D eigenvalue weighted by Gasteiger charge is 2.27. The highest BCUT2D eigenvalue weighted by Crippen LogP contribution is 2.37. The van der Waals surface area contributed by atoms with Crippen LogP contribution >= 0.6 is 0 Å². The van der Waals surface area contributed by atoms with Gasteiger partial charge in [-0.15, -0.1) is 0 Å². The highest BCUT2D eigenvalue weighted by molar-refractivity contribution is 4.83. The Labute approximate surface area is 105 Å². The van der Waals surface area contributed by atoms with Gasteiger partial charge < -0.3 is 15.7 Å². The van der Waals surface area contributed by atoms with Crippen molar-refractivity contribution in [2.45, 2.75) is 45.6 Å². The average molecular weight is 240 g/mol. The van der Waals surface area contributed by atoms with Gasteiger partial charge in [-0.25, -0.2) is 0 Å². The monoisotopic (exact) mass is 240 g/mol. The molecule has 0 spiro atoms. The molecule has 1 aliphatic carbocycles. The second-order valence-corrected chi connectivity index (χ2v) is 6.75. The topological polar surface area (TPSA) is 44.3 Å². The van der Waals surface area contributed by atoms with Crippen molar-refractivity contribution in [3.8, 4) is 0 Å². The molecule has 0 bridgehead atoms. The van der Waals surface area contributed by atoms with Crippen molar-refractivity contribution in [3.05, 3.63) is 0 Å². The Hall–Kier alpha value is -0.120. The van der Waals surface area contributed by atoms with Crippen LogP contribution in [0.1, 0.15) is 39.5 Å². The summed E-state index contributed by atoms with van der Waals surface area (Å²) in [5.41, 5.74) is 0.571. The molecule has 2 rings (SSSR count). The maximum atomic E-state index is 9.69. The fourth-order valence-corrected chi connectivity index (χ4v) is 3.06. The first kappa shape index (κ1) is 13.3. The molecule has 3 N–H and O–H groups in total. The predicted molar refractivity (Wildman–Crippen MR) is 71.0 cm³/mol. The van der Waals surface area contributed by atoms with Crippen molar-refractivity contribution in [2.75, 3.05) is 26.2 Å². The van der Waals surface area contributed by atoms with Gasteiger partial charge in [0.2, 0.25) is 0 Å². The molecule has 1 saturated heterocycles. The van der Waals surface area contributed by atoms with Crippen molar-refractivity contribution < 1.29 is 5.11 Å². The summed E-state index contributed by atoms with van der Waals surface area (Å²) in [6, 6.07) is 0. The molecule has 3 heteroatoms. The van der Waals surface area contributed by atoms with E-state index in [1.54, 1.807) is 0 Å². The van der Waals surface area contributed by atoms with Crippen molar-refractivity contribution in [1.29, 1.82) is 0 Å². The summed E-state index contributed by atoms with van der Waals surface area (Å²) < 4.78 is 0. The van der Waals surface area contributed by atoms with Crippen molar-refractivity contribution in [3.63, 3.8) is 0 Å². The fourth-order valence-electron chi connectivity index (χ4n) is 3.06. The number of β-amino-alcohol motifs (C(OH)–C–C–N with tert-alkyl or cyclic N) is 1. The first-order chi connectivity index (χ1) is 8.07. The van der Waals surface area contributed by atoms with Gasteiger partial charge in [0.05, 0.1) is 6.10 Å². The SMILES string of the molecule is CC1(C)CCC(CNCC2CNCC2O)CC1. The maximum absolute atomic E-state index is 9.69. The molecule has 2 fully saturated rings. The van der Waals surface area contributed by atoms with Crippen LogP contribution in [-0.2, 0) is 0 Å². The minimum atomic E-state index is -0.146. The van der Waals surface area contributed by atoms with Crippen LogP contribution in [0.3, 0.4) is 0 Å². The van der Waals surface area contributed by atoms with E-state index in [4.69, 9.17) is 0 Å². The van der Waals surface area contributed by atoms with Crippen LogP contribution in [0, 0.1) is 17.3 Å². The zero-order chi connectivity index (χ0) is 12.3. The lowest BCUT2D eigenvalue weighted by molar-refractivity contribution is 0.142. The molecular formula is C14H28N2O. The van der Waals surface area contributed by atoms with Crippen LogP contribution in [0.15, 0.2) is 0 Å². The lowest BCUT2D eigenvalue weighted by Gasteiger charge is -2.34. The molecule has 3 nitrogen and oxygen atoms in total. The van der Waals surface area contributed by atoms with Crippen molar-refractivity contribution in [1.82, 2.24) is 10.6 Å². The number of hydrogen-bond acceptors (Lipinski definition) is 3. The quantitative estimate of drug-likeness (QED) is 0.695. The molecule has 1 aliphatic heterocycles. The Bertz CT molecular complexity index is 232. The lowest BCUT2D eigenvalue weighted by Crippen LogP contribution is -2.35. The Morgan fingerprint density at radius 1 is 1.18 bits per heavy atom. The molecule has 0 aromatic heterocycles. The van der Waals surface area contributed by atoms with E-state index in [2.05, 4.69) is 24.5 Å². The number of rotatable bonds is 4. The summed E-state index contributed by atoms with van der Waals surface area (Å²) in [4.78, 5) is 0. The minimum absolute atomic E-state index is 0.146. The van der Waals surface area contributed by atoms with E-state index in [0.29, 0.717) is 11.3 Å². The molecule has 0 aromatic carbocycles. The van der Waals surface area contributed by atoms with E-state index in [1.807, 2.05) is 0 Å². The van der Waals surface area contributed by atoms with Gasteiger partial charge >= 0.3 is 0 Å². The molecule has 0 amide bonds. The lowest BCUT2D eigenvalue weighted by atomic mass is 9.73. The molecule has 0 radical (unpaired) electrons. The van der Waals surface area contributed by atoms with Crippen molar-refractivity contribution >= 4 is 0 Å². The molecule has 17 heavy (non-hydrogen) atoms. The van der Waals surface area contributed by atoms with Crippen molar-refractivity contribution in [2.24, 2.45) is 17.3 Å². The van der Waals surface area contributed by atoms with Crippen LogP contribution in [0.25, 0.3) is 0 Å². The second-order valence-electron chi connectivity index (χ2n) is 6.75. The van der Waals surface area contributed by atoms with E-state index in [0.717, 1.165) is 32.1 Å². The molecule has 100 valence electrons. The number of hydrogen-bond donors (Lipinski definition) is 3. The third-order valence-electron chi connectivity index (χ3n) is 4.60. The van der Waals surface area contributed by atoms with Gasteiger partial charge in [-0.3, -0.25) is 0 Å². The average Bonchev–Trinajstić information content (AvgIpc) is 2.67. The van der Waals surface area contributed by atoms with Gasteiger partial charge in [-0.2, -0.15) is 0 Å². The first-order valence-corrected chi connectivity index (χ1v) is 7.16. The largest absolute Gasteiger partial charge is 0.391 e. The Morgan fingerprint density at radius 3 is 2.47 bits per heavy atom. The van der Waals surface area contributed by atoms with E-state index in [1.165, 1.54) is 25.7 Å². The van der Waals surface area contributed by atoms with E-state index < -0.39 is 0 Å². The summed E-state index contributed by atoms with van der Waals surface area (Å²) in [6.07, 6.45) is 5.32. The molecule has 1 saturated carbocycles. The first-order valence-electron chi connectivity index (χ1n) is 7.16. The second kappa shape index (κ2) is 5.68. The Morgan fingerprint density at radius 2 is 1.88 bits per heavy atom. The van der Waals surface area contributed by atoms with Gasteiger partial charge in [-0.1, -0.05) is 13.8 Å². The normalized spacial score (nSPS) is 34.1. The number of aliphatic hydroxyl groups is 1. The molecule has 2 atom stereocenters. The summed E-state index contributed by atoms with van der Waals surface area (Å²) >= 11 is 0. The summed E-state index contributed by atoms with van der Waals surface area (Å²) in [7, 11) is 0.